The first-order valence-corrected chi connectivity index (χ1v) is 7.91. The fraction of sp³-hybridized carbons (Fsp3) is 0.158. The first-order valence-electron chi connectivity index (χ1n) is 7.91. The Labute approximate surface area is 145 Å². The molecule has 0 saturated heterocycles. The Balaban J connectivity index is 1.65. The van der Waals surface area contributed by atoms with Crippen LogP contribution in [0.4, 0.5) is 20.5 Å². The Hall–Kier alpha value is -3.02. The highest BCUT2D eigenvalue weighted by Crippen LogP contribution is 2.14. The lowest BCUT2D eigenvalue weighted by Gasteiger charge is -2.10. The smallest absolute Gasteiger partial charge is 0.225 e. The second kappa shape index (κ2) is 7.70. The summed E-state index contributed by atoms with van der Waals surface area (Å²) in [6, 6.07) is 14.6. The molecular weight excluding hydrogens is 322 g/mol. The summed E-state index contributed by atoms with van der Waals surface area (Å²) in [5.41, 5.74) is 2.28. The Bertz CT molecular complexity index is 850. The number of aromatic nitrogens is 2. The number of hydrogen-bond donors (Lipinski definition) is 2. The molecule has 0 bridgehead atoms. The van der Waals surface area contributed by atoms with Crippen molar-refractivity contribution in [2.24, 2.45) is 0 Å². The molecule has 0 aliphatic heterocycles. The summed E-state index contributed by atoms with van der Waals surface area (Å²) in [6.45, 7) is 2.68. The largest absolute Gasteiger partial charge is 0.366 e. The van der Waals surface area contributed by atoms with Crippen LogP contribution in [-0.2, 0) is 13.1 Å². The molecule has 1 heterocycles. The number of benzene rings is 2. The van der Waals surface area contributed by atoms with Crippen LogP contribution in [0.3, 0.4) is 0 Å². The highest BCUT2D eigenvalue weighted by atomic mass is 19.1. The normalized spacial score (nSPS) is 10.5. The number of nitrogens with one attached hydrogen (secondary N) is 2. The van der Waals surface area contributed by atoms with Gasteiger partial charge in [0.25, 0.3) is 0 Å². The van der Waals surface area contributed by atoms with Crippen LogP contribution in [0, 0.1) is 18.6 Å². The maximum atomic E-state index is 13.7. The zero-order chi connectivity index (χ0) is 17.6. The van der Waals surface area contributed by atoms with Crippen molar-refractivity contribution in [3.05, 3.63) is 83.1 Å². The summed E-state index contributed by atoms with van der Waals surface area (Å²) in [4.78, 5) is 8.71. The first-order chi connectivity index (χ1) is 12.1. The van der Waals surface area contributed by atoms with Gasteiger partial charge in [-0.25, -0.2) is 13.8 Å². The fourth-order valence-corrected chi connectivity index (χ4v) is 2.35. The Morgan fingerprint density at radius 3 is 2.40 bits per heavy atom. The number of aryl methyl sites for hydroxylation is 1. The van der Waals surface area contributed by atoms with Gasteiger partial charge in [0.1, 0.15) is 17.5 Å². The molecular formula is C19H18F2N4. The van der Waals surface area contributed by atoms with Crippen molar-refractivity contribution in [2.45, 2.75) is 20.0 Å². The van der Waals surface area contributed by atoms with E-state index >= 15 is 0 Å². The molecule has 0 atom stereocenters. The van der Waals surface area contributed by atoms with Crippen molar-refractivity contribution in [2.75, 3.05) is 10.6 Å². The van der Waals surface area contributed by atoms with Crippen LogP contribution in [0.1, 0.15) is 16.8 Å². The third-order valence-electron chi connectivity index (χ3n) is 3.64. The fourth-order valence-electron chi connectivity index (χ4n) is 2.35. The summed E-state index contributed by atoms with van der Waals surface area (Å²) in [5.74, 6) is 0.545. The van der Waals surface area contributed by atoms with E-state index in [4.69, 9.17) is 0 Å². The molecule has 25 heavy (non-hydrogen) atoms. The first kappa shape index (κ1) is 16.8. The van der Waals surface area contributed by atoms with Crippen LogP contribution in [0.2, 0.25) is 0 Å². The van der Waals surface area contributed by atoms with Crippen molar-refractivity contribution >= 4 is 11.8 Å². The van der Waals surface area contributed by atoms with E-state index in [1.807, 2.05) is 6.92 Å². The molecule has 0 aliphatic carbocycles. The topological polar surface area (TPSA) is 49.8 Å². The van der Waals surface area contributed by atoms with Gasteiger partial charge in [0, 0.05) is 30.4 Å². The molecule has 2 aromatic carbocycles. The minimum atomic E-state index is -0.268. The summed E-state index contributed by atoms with van der Waals surface area (Å²) >= 11 is 0. The predicted molar refractivity (Wildman–Crippen MR) is 94.2 cm³/mol. The van der Waals surface area contributed by atoms with Crippen molar-refractivity contribution in [3.8, 4) is 0 Å². The predicted octanol–water partition coefficient (Wildman–Crippen LogP) is 4.29. The van der Waals surface area contributed by atoms with Crippen LogP contribution in [0.5, 0.6) is 0 Å². The Morgan fingerprint density at radius 2 is 1.64 bits per heavy atom. The standard InChI is InChI=1S/C19H18F2N4/c1-13-10-18(22-12-15-4-2-3-5-17(15)21)25-19(24-13)23-11-14-6-8-16(20)9-7-14/h2-10H,11-12H2,1H3,(H2,22,23,24,25). The lowest BCUT2D eigenvalue weighted by Crippen LogP contribution is -2.08. The number of hydrogen-bond acceptors (Lipinski definition) is 4. The van der Waals surface area contributed by atoms with E-state index in [9.17, 15) is 8.78 Å². The van der Waals surface area contributed by atoms with E-state index in [0.29, 0.717) is 30.4 Å². The van der Waals surface area contributed by atoms with Gasteiger partial charge in [-0.3, -0.25) is 0 Å². The quantitative estimate of drug-likeness (QED) is 0.703. The summed E-state index contributed by atoms with van der Waals surface area (Å²) in [7, 11) is 0. The molecule has 0 unspecified atom stereocenters. The Morgan fingerprint density at radius 1 is 0.880 bits per heavy atom. The van der Waals surface area contributed by atoms with Gasteiger partial charge in [0.15, 0.2) is 0 Å². The number of rotatable bonds is 6. The zero-order valence-corrected chi connectivity index (χ0v) is 13.8. The van der Waals surface area contributed by atoms with Crippen LogP contribution < -0.4 is 10.6 Å². The monoisotopic (exact) mass is 340 g/mol. The van der Waals surface area contributed by atoms with E-state index < -0.39 is 0 Å². The van der Waals surface area contributed by atoms with E-state index in [1.165, 1.54) is 18.2 Å². The average molecular weight is 340 g/mol. The third kappa shape index (κ3) is 4.73. The summed E-state index contributed by atoms with van der Waals surface area (Å²) in [5, 5.41) is 6.22. The van der Waals surface area contributed by atoms with Gasteiger partial charge in [-0.15, -0.1) is 0 Å². The molecule has 4 nitrogen and oxygen atoms in total. The van der Waals surface area contributed by atoms with Gasteiger partial charge in [0.2, 0.25) is 5.95 Å². The molecule has 0 fully saturated rings. The van der Waals surface area contributed by atoms with Crippen LogP contribution in [-0.4, -0.2) is 9.97 Å². The molecule has 6 heteroatoms. The molecule has 0 spiro atoms. The molecule has 128 valence electrons. The SMILES string of the molecule is Cc1cc(NCc2ccccc2F)nc(NCc2ccc(F)cc2)n1. The van der Waals surface area contributed by atoms with E-state index in [-0.39, 0.29) is 11.6 Å². The molecule has 2 N–H and O–H groups in total. The number of anilines is 2. The van der Waals surface area contributed by atoms with Crippen molar-refractivity contribution < 1.29 is 8.78 Å². The van der Waals surface area contributed by atoms with Crippen LogP contribution in [0.15, 0.2) is 54.6 Å². The number of halogens is 2. The lowest BCUT2D eigenvalue weighted by molar-refractivity contribution is 0.613. The van der Waals surface area contributed by atoms with Crippen molar-refractivity contribution in [3.63, 3.8) is 0 Å². The van der Waals surface area contributed by atoms with Crippen molar-refractivity contribution in [1.82, 2.24) is 9.97 Å². The second-order valence-electron chi connectivity index (χ2n) is 5.64. The molecule has 0 amide bonds. The van der Waals surface area contributed by atoms with Gasteiger partial charge in [-0.1, -0.05) is 30.3 Å². The third-order valence-corrected chi connectivity index (χ3v) is 3.64. The highest BCUT2D eigenvalue weighted by Gasteiger charge is 2.05. The molecule has 0 radical (unpaired) electrons. The maximum Gasteiger partial charge on any atom is 0.225 e. The molecule has 0 saturated carbocycles. The molecule has 3 aromatic rings. The molecule has 1 aromatic heterocycles. The van der Waals surface area contributed by atoms with Crippen molar-refractivity contribution in [1.29, 1.82) is 0 Å². The summed E-state index contributed by atoms with van der Waals surface area (Å²) in [6.07, 6.45) is 0. The van der Waals surface area contributed by atoms with Gasteiger partial charge in [-0.05, 0) is 30.7 Å². The lowest BCUT2D eigenvalue weighted by atomic mass is 10.2. The Kier molecular flexibility index (Phi) is 5.18. The van der Waals surface area contributed by atoms with E-state index in [1.54, 1.807) is 36.4 Å². The van der Waals surface area contributed by atoms with E-state index in [0.717, 1.165) is 11.3 Å². The average Bonchev–Trinajstić information content (AvgIpc) is 2.60. The van der Waals surface area contributed by atoms with Gasteiger partial charge in [0.05, 0.1) is 0 Å². The molecule has 0 aliphatic rings. The highest BCUT2D eigenvalue weighted by molar-refractivity contribution is 5.43. The summed E-state index contributed by atoms with van der Waals surface area (Å²) < 4.78 is 26.6. The van der Waals surface area contributed by atoms with Gasteiger partial charge >= 0.3 is 0 Å². The zero-order valence-electron chi connectivity index (χ0n) is 13.8. The molecule has 3 rings (SSSR count). The van der Waals surface area contributed by atoms with Crippen LogP contribution >= 0.6 is 0 Å². The maximum absolute atomic E-state index is 13.7. The minimum absolute atomic E-state index is 0.254. The minimum Gasteiger partial charge on any atom is -0.366 e. The second-order valence-corrected chi connectivity index (χ2v) is 5.64. The number of nitrogens with zero attached hydrogens (tertiary/aromatic N) is 2. The van der Waals surface area contributed by atoms with Gasteiger partial charge < -0.3 is 10.6 Å². The van der Waals surface area contributed by atoms with Gasteiger partial charge in [-0.2, -0.15) is 4.98 Å². The van der Waals surface area contributed by atoms with Crippen LogP contribution in [0.25, 0.3) is 0 Å². The van der Waals surface area contributed by atoms with E-state index in [2.05, 4.69) is 20.6 Å².